The van der Waals surface area contributed by atoms with E-state index >= 15 is 0 Å². The first kappa shape index (κ1) is 10.8. The van der Waals surface area contributed by atoms with Gasteiger partial charge < -0.3 is 25.2 Å². The number of hydrogen-bond donors (Lipinski definition) is 4. The fourth-order valence-electron chi connectivity index (χ4n) is 0.791. The van der Waals surface area contributed by atoms with Crippen LogP contribution in [0.3, 0.4) is 0 Å². The van der Waals surface area contributed by atoms with Crippen molar-refractivity contribution in [1.82, 2.24) is 0 Å². The van der Waals surface area contributed by atoms with E-state index in [2.05, 4.69) is 4.74 Å². The summed E-state index contributed by atoms with van der Waals surface area (Å²) in [7, 11) is 0. The second kappa shape index (κ2) is 3.99. The zero-order chi connectivity index (χ0) is 7.72. The predicted molar refractivity (Wildman–Crippen MR) is 33.2 cm³/mol. The van der Waals surface area contributed by atoms with E-state index in [-0.39, 0.29) is 14.0 Å². The lowest BCUT2D eigenvalue weighted by molar-refractivity contribution is -0.252. The molecule has 4 radical (unpaired) electrons. The van der Waals surface area contributed by atoms with Crippen LogP contribution in [0, 0.1) is 7.43 Å². The van der Waals surface area contributed by atoms with E-state index in [0.717, 1.165) is 0 Å². The van der Waals surface area contributed by atoms with Crippen molar-refractivity contribution in [3.05, 3.63) is 7.43 Å². The molecule has 64 valence electrons. The van der Waals surface area contributed by atoms with Gasteiger partial charge in [0.15, 0.2) is 6.29 Å². The topological polar surface area (TPSA) is 90.2 Å². The Hall–Kier alpha value is -0.200. The molecule has 0 amide bonds. The van der Waals surface area contributed by atoms with Crippen LogP contribution in [0.15, 0.2) is 0 Å². The third-order valence-electron chi connectivity index (χ3n) is 1.47. The number of aliphatic hydroxyl groups is 4. The highest BCUT2D eigenvalue weighted by Gasteiger charge is 2.36. The lowest BCUT2D eigenvalue weighted by Crippen LogP contribution is -2.52. The Morgan fingerprint density at radius 1 is 1.00 bits per heavy atom. The fraction of sp³-hybridized carbons (Fsp3) is 0.833. The van der Waals surface area contributed by atoms with Crippen LogP contribution in [-0.4, -0.2) is 51.6 Å². The van der Waals surface area contributed by atoms with Crippen molar-refractivity contribution in [2.75, 3.05) is 6.61 Å². The minimum absolute atomic E-state index is 0. The van der Waals surface area contributed by atoms with Gasteiger partial charge in [-0.05, 0) is 0 Å². The van der Waals surface area contributed by atoms with Crippen molar-refractivity contribution >= 4 is 0 Å². The van der Waals surface area contributed by atoms with Crippen molar-refractivity contribution < 1.29 is 25.2 Å². The van der Waals surface area contributed by atoms with Crippen LogP contribution in [0.4, 0.5) is 0 Å². The summed E-state index contributed by atoms with van der Waals surface area (Å²) in [6.45, 7) is -0.153. The van der Waals surface area contributed by atoms with Gasteiger partial charge >= 0.3 is 0 Å². The normalized spacial score (nSPS) is 44.7. The van der Waals surface area contributed by atoms with E-state index in [4.69, 9.17) is 20.4 Å². The van der Waals surface area contributed by atoms with Crippen LogP contribution >= 0.6 is 0 Å². The highest BCUT2D eigenvalue weighted by Crippen LogP contribution is 2.12. The monoisotopic (exact) mass is 162 g/mol. The molecule has 0 bridgehead atoms. The molecule has 1 aliphatic heterocycles. The van der Waals surface area contributed by atoms with Crippen LogP contribution in [0.5, 0.6) is 0 Å². The Kier molecular flexibility index (Phi) is 3.91. The zero-order valence-corrected chi connectivity index (χ0v) is 5.71. The van der Waals surface area contributed by atoms with Gasteiger partial charge in [-0.25, -0.2) is 0 Å². The van der Waals surface area contributed by atoms with Crippen molar-refractivity contribution in [2.24, 2.45) is 0 Å². The molecule has 1 fully saturated rings. The average Bonchev–Trinajstić information content (AvgIpc) is 1.93. The quantitative estimate of drug-likeness (QED) is 0.316. The number of ether oxygens (including phenoxy) is 1. The smallest absolute Gasteiger partial charge is 0.183 e. The summed E-state index contributed by atoms with van der Waals surface area (Å²) in [6.07, 6.45) is -5.23. The first-order valence-electron chi connectivity index (χ1n) is 2.97. The fourth-order valence-corrected chi connectivity index (χ4v) is 0.791. The van der Waals surface area contributed by atoms with Crippen molar-refractivity contribution in [3.63, 3.8) is 0 Å². The van der Waals surface area contributed by atoms with Gasteiger partial charge in [0.05, 0.1) is 6.61 Å². The Labute approximate surface area is 64.9 Å². The van der Waals surface area contributed by atoms with E-state index < -0.39 is 24.6 Å². The van der Waals surface area contributed by atoms with Gasteiger partial charge in [0, 0.05) is 7.43 Å². The molecule has 4 N–H and O–H groups in total. The zero-order valence-electron chi connectivity index (χ0n) is 5.71. The van der Waals surface area contributed by atoms with E-state index in [1.807, 2.05) is 0 Å². The van der Waals surface area contributed by atoms with Crippen molar-refractivity contribution in [1.29, 1.82) is 0 Å². The lowest BCUT2D eigenvalue weighted by atomic mass is 10.1. The number of rotatable bonds is 0. The SMILES string of the molecule is O[C@@H]1[C@@H](O)[C@H](O)OC[C@H]1O.[C]. The molecule has 0 aliphatic carbocycles. The summed E-state index contributed by atoms with van der Waals surface area (Å²) >= 11 is 0. The van der Waals surface area contributed by atoms with Gasteiger partial charge in [-0.1, -0.05) is 0 Å². The van der Waals surface area contributed by atoms with Gasteiger partial charge in [-0.2, -0.15) is 0 Å². The van der Waals surface area contributed by atoms with E-state index in [0.29, 0.717) is 0 Å². The minimum Gasteiger partial charge on any atom is -0.388 e. The summed E-state index contributed by atoms with van der Waals surface area (Å²) in [5.41, 5.74) is 0. The summed E-state index contributed by atoms with van der Waals surface area (Å²) < 4.78 is 4.47. The van der Waals surface area contributed by atoms with Crippen LogP contribution in [0.25, 0.3) is 0 Å². The van der Waals surface area contributed by atoms with E-state index in [1.54, 1.807) is 0 Å². The predicted octanol–water partition coefficient (Wildman–Crippen LogP) is -2.50. The molecule has 1 heterocycles. The summed E-state index contributed by atoms with van der Waals surface area (Å²) in [4.78, 5) is 0. The molecule has 5 heteroatoms. The summed E-state index contributed by atoms with van der Waals surface area (Å²) in [5.74, 6) is 0. The Balaban J connectivity index is 0.000001000. The van der Waals surface area contributed by atoms with Gasteiger partial charge in [-0.3, -0.25) is 0 Å². The van der Waals surface area contributed by atoms with Gasteiger partial charge in [-0.15, -0.1) is 0 Å². The largest absolute Gasteiger partial charge is 0.388 e. The average molecular weight is 162 g/mol. The van der Waals surface area contributed by atoms with Gasteiger partial charge in [0.25, 0.3) is 0 Å². The highest BCUT2D eigenvalue weighted by atomic mass is 16.6. The molecular weight excluding hydrogens is 152 g/mol. The Morgan fingerprint density at radius 2 is 1.55 bits per heavy atom. The van der Waals surface area contributed by atoms with Crippen molar-refractivity contribution in [2.45, 2.75) is 24.6 Å². The lowest BCUT2D eigenvalue weighted by Gasteiger charge is -2.31. The second-order valence-corrected chi connectivity index (χ2v) is 2.27. The molecule has 1 aliphatic rings. The van der Waals surface area contributed by atoms with Crippen LogP contribution in [-0.2, 0) is 4.74 Å². The van der Waals surface area contributed by atoms with Gasteiger partial charge in [0.1, 0.15) is 18.3 Å². The molecule has 11 heavy (non-hydrogen) atoms. The summed E-state index contributed by atoms with van der Waals surface area (Å²) in [5, 5.41) is 35.3. The van der Waals surface area contributed by atoms with Crippen LogP contribution < -0.4 is 0 Å². The molecule has 1 saturated heterocycles. The number of aliphatic hydroxyl groups excluding tert-OH is 4. The molecule has 5 nitrogen and oxygen atoms in total. The minimum atomic E-state index is -1.41. The van der Waals surface area contributed by atoms with Gasteiger partial charge in [0.2, 0.25) is 0 Å². The van der Waals surface area contributed by atoms with Crippen LogP contribution in [0.2, 0.25) is 0 Å². The molecule has 0 aromatic carbocycles. The molecule has 0 saturated carbocycles. The molecule has 0 unspecified atom stereocenters. The molecule has 0 aromatic rings. The molecule has 0 spiro atoms. The molecular formula is C6H10O5. The third-order valence-corrected chi connectivity index (χ3v) is 1.47. The van der Waals surface area contributed by atoms with E-state index in [9.17, 15) is 0 Å². The third kappa shape index (κ3) is 2.11. The Bertz CT molecular complexity index is 104. The second-order valence-electron chi connectivity index (χ2n) is 2.27. The van der Waals surface area contributed by atoms with Crippen molar-refractivity contribution in [3.8, 4) is 0 Å². The molecule has 1 rings (SSSR count). The maximum atomic E-state index is 8.88. The highest BCUT2D eigenvalue weighted by molar-refractivity contribution is 4.81. The van der Waals surface area contributed by atoms with Crippen LogP contribution in [0.1, 0.15) is 0 Å². The maximum absolute atomic E-state index is 8.88. The standard InChI is InChI=1S/C5H10O5.C/c6-2-1-10-5(9)4(8)3(2)7;/h2-9H,1H2;/t2-,3+,4-,5-;/m1./s1. The molecule has 4 atom stereocenters. The summed E-state index contributed by atoms with van der Waals surface area (Å²) in [6, 6.07) is 0. The number of hydrogen-bond acceptors (Lipinski definition) is 5. The van der Waals surface area contributed by atoms with E-state index in [1.165, 1.54) is 0 Å². The molecule has 0 aromatic heterocycles. The first-order chi connectivity index (χ1) is 4.63. The Morgan fingerprint density at radius 3 is 2.00 bits per heavy atom. The maximum Gasteiger partial charge on any atom is 0.183 e. The first-order valence-corrected chi connectivity index (χ1v) is 2.97.